The van der Waals surface area contributed by atoms with E-state index < -0.39 is 5.97 Å². The summed E-state index contributed by atoms with van der Waals surface area (Å²) in [7, 11) is 0. The molecule has 1 saturated carbocycles. The van der Waals surface area contributed by atoms with Gasteiger partial charge in [0.2, 0.25) is 0 Å². The van der Waals surface area contributed by atoms with Gasteiger partial charge in [-0.05, 0) is 54.7 Å². The summed E-state index contributed by atoms with van der Waals surface area (Å²) in [4.78, 5) is 18.1. The minimum atomic E-state index is -0.663. The van der Waals surface area contributed by atoms with Gasteiger partial charge < -0.3 is 5.11 Å². The molecule has 2 heterocycles. The molecule has 1 aliphatic heterocycles. The van der Waals surface area contributed by atoms with Crippen molar-refractivity contribution in [3.63, 3.8) is 0 Å². The Labute approximate surface area is 157 Å². The topological polar surface area (TPSA) is 53.4 Å². The summed E-state index contributed by atoms with van der Waals surface area (Å²) >= 11 is 5.89. The number of halogens is 1. The zero-order chi connectivity index (χ0) is 18.1. The fourth-order valence-corrected chi connectivity index (χ4v) is 3.70. The monoisotopic (exact) mass is 366 g/mol. The van der Waals surface area contributed by atoms with Crippen LogP contribution < -0.4 is 0 Å². The van der Waals surface area contributed by atoms with Crippen LogP contribution in [0.2, 0.25) is 5.02 Å². The van der Waals surface area contributed by atoms with Gasteiger partial charge in [0.25, 0.3) is 0 Å². The standard InChI is InChI=1S/C21H19ClN2O2/c22-17-5-1-14(2-6-17)3-7-18-8-4-15-13-24(10-9-20(15)23-18)19-11-16(12-19)21(25)26/h1-2,4-6,8,16,19H,9-13H2,(H,25,26). The van der Waals surface area contributed by atoms with Gasteiger partial charge in [0.05, 0.1) is 5.92 Å². The van der Waals surface area contributed by atoms with Crippen LogP contribution in [-0.4, -0.2) is 33.5 Å². The smallest absolute Gasteiger partial charge is 0.306 e. The highest BCUT2D eigenvalue weighted by molar-refractivity contribution is 6.30. The SMILES string of the molecule is O=C(O)C1CC(N2CCc3nc(C#Cc4ccc(Cl)cc4)ccc3C2)C1. The average molecular weight is 367 g/mol. The van der Waals surface area contributed by atoms with Crippen LogP contribution in [0.5, 0.6) is 0 Å². The van der Waals surface area contributed by atoms with E-state index in [-0.39, 0.29) is 5.92 Å². The van der Waals surface area contributed by atoms with Crippen molar-refractivity contribution >= 4 is 17.6 Å². The number of benzene rings is 1. The van der Waals surface area contributed by atoms with Crippen molar-refractivity contribution < 1.29 is 9.90 Å². The van der Waals surface area contributed by atoms with E-state index in [0.29, 0.717) is 11.1 Å². The number of carboxylic acids is 1. The third-order valence-electron chi connectivity index (χ3n) is 5.24. The van der Waals surface area contributed by atoms with Gasteiger partial charge in [-0.15, -0.1) is 0 Å². The molecule has 0 unspecified atom stereocenters. The molecule has 2 aliphatic rings. The molecule has 1 N–H and O–H groups in total. The van der Waals surface area contributed by atoms with E-state index in [4.69, 9.17) is 21.7 Å². The number of carboxylic acid groups (broad SMARTS) is 1. The molecule has 1 aromatic heterocycles. The molecule has 0 atom stereocenters. The zero-order valence-electron chi connectivity index (χ0n) is 14.3. The summed E-state index contributed by atoms with van der Waals surface area (Å²) < 4.78 is 0. The molecule has 1 aromatic carbocycles. The van der Waals surface area contributed by atoms with E-state index in [1.807, 2.05) is 30.3 Å². The number of aromatic nitrogens is 1. The quantitative estimate of drug-likeness (QED) is 0.828. The van der Waals surface area contributed by atoms with Crippen LogP contribution >= 0.6 is 11.6 Å². The molecule has 0 radical (unpaired) electrons. The molecule has 4 rings (SSSR count). The van der Waals surface area contributed by atoms with E-state index in [1.165, 1.54) is 5.56 Å². The second-order valence-corrected chi connectivity index (χ2v) is 7.38. The minimum Gasteiger partial charge on any atom is -0.481 e. The van der Waals surface area contributed by atoms with Crippen molar-refractivity contribution in [2.75, 3.05) is 6.54 Å². The lowest BCUT2D eigenvalue weighted by Gasteiger charge is -2.43. The van der Waals surface area contributed by atoms with Crippen LogP contribution in [0.3, 0.4) is 0 Å². The minimum absolute atomic E-state index is 0.162. The number of hydrogen-bond donors (Lipinski definition) is 1. The van der Waals surface area contributed by atoms with Crippen molar-refractivity contribution in [1.29, 1.82) is 0 Å². The van der Waals surface area contributed by atoms with Crippen molar-refractivity contribution in [2.45, 2.75) is 31.8 Å². The second kappa shape index (κ2) is 7.11. The molecule has 1 aliphatic carbocycles. The van der Waals surface area contributed by atoms with Gasteiger partial charge in [-0.1, -0.05) is 23.6 Å². The van der Waals surface area contributed by atoms with Crippen LogP contribution in [0, 0.1) is 17.8 Å². The fraction of sp³-hybridized carbons (Fsp3) is 0.333. The number of rotatable bonds is 2. The Morgan fingerprint density at radius 1 is 1.15 bits per heavy atom. The lowest BCUT2D eigenvalue weighted by atomic mass is 9.78. The Morgan fingerprint density at radius 3 is 2.65 bits per heavy atom. The first-order valence-corrected chi connectivity index (χ1v) is 9.19. The van der Waals surface area contributed by atoms with Crippen LogP contribution in [-0.2, 0) is 17.8 Å². The molecule has 4 nitrogen and oxygen atoms in total. The molecule has 0 saturated heterocycles. The van der Waals surface area contributed by atoms with E-state index in [1.54, 1.807) is 0 Å². The highest BCUT2D eigenvalue weighted by Crippen LogP contribution is 2.34. The molecule has 0 amide bonds. The first-order valence-electron chi connectivity index (χ1n) is 8.82. The first-order chi connectivity index (χ1) is 12.6. The number of aliphatic carboxylic acids is 1. The van der Waals surface area contributed by atoms with Crippen LogP contribution in [0.25, 0.3) is 0 Å². The number of hydrogen-bond acceptors (Lipinski definition) is 3. The van der Waals surface area contributed by atoms with Crippen LogP contribution in [0.1, 0.15) is 35.4 Å². The predicted octanol–water partition coefficient (Wildman–Crippen LogP) is 3.36. The maximum absolute atomic E-state index is 11.0. The van der Waals surface area contributed by atoms with Gasteiger partial charge in [0.1, 0.15) is 5.69 Å². The summed E-state index contributed by atoms with van der Waals surface area (Å²) in [6.07, 6.45) is 2.42. The van der Waals surface area contributed by atoms with Crippen LogP contribution in [0.4, 0.5) is 0 Å². The van der Waals surface area contributed by atoms with Crippen LogP contribution in [0.15, 0.2) is 36.4 Å². The summed E-state index contributed by atoms with van der Waals surface area (Å²) in [5.74, 6) is 5.42. The number of pyridine rings is 1. The van der Waals surface area contributed by atoms with Crippen molar-refractivity contribution in [1.82, 2.24) is 9.88 Å². The highest BCUT2D eigenvalue weighted by Gasteiger charge is 2.38. The van der Waals surface area contributed by atoms with E-state index in [9.17, 15) is 4.79 Å². The Morgan fingerprint density at radius 2 is 1.92 bits per heavy atom. The molecule has 5 heteroatoms. The fourth-order valence-electron chi connectivity index (χ4n) is 3.58. The molecular formula is C21H19ClN2O2. The summed E-state index contributed by atoms with van der Waals surface area (Å²) in [6, 6.07) is 11.9. The number of fused-ring (bicyclic) bond motifs is 1. The lowest BCUT2D eigenvalue weighted by Crippen LogP contribution is -2.48. The second-order valence-electron chi connectivity index (χ2n) is 6.94. The van der Waals surface area contributed by atoms with E-state index in [0.717, 1.165) is 49.3 Å². The predicted molar refractivity (Wildman–Crippen MR) is 99.9 cm³/mol. The van der Waals surface area contributed by atoms with E-state index in [2.05, 4.69) is 22.8 Å². The average Bonchev–Trinajstić information content (AvgIpc) is 2.59. The van der Waals surface area contributed by atoms with Crippen molar-refractivity contribution in [3.8, 4) is 11.8 Å². The highest BCUT2D eigenvalue weighted by atomic mass is 35.5. The Kier molecular flexibility index (Phi) is 4.67. The maximum Gasteiger partial charge on any atom is 0.306 e. The number of nitrogens with zero attached hydrogens (tertiary/aromatic N) is 2. The molecule has 0 bridgehead atoms. The first kappa shape index (κ1) is 17.1. The third-order valence-corrected chi connectivity index (χ3v) is 5.49. The molecular weight excluding hydrogens is 348 g/mol. The van der Waals surface area contributed by atoms with Gasteiger partial charge in [0.15, 0.2) is 0 Å². The molecule has 2 aromatic rings. The Hall–Kier alpha value is -2.35. The third kappa shape index (κ3) is 3.60. The van der Waals surface area contributed by atoms with Gasteiger partial charge in [-0.3, -0.25) is 9.69 Å². The van der Waals surface area contributed by atoms with Gasteiger partial charge >= 0.3 is 5.97 Å². The van der Waals surface area contributed by atoms with Crippen molar-refractivity contribution in [3.05, 3.63) is 63.9 Å². The maximum atomic E-state index is 11.0. The number of carbonyl (C=O) groups is 1. The van der Waals surface area contributed by atoms with Gasteiger partial charge in [0, 0.05) is 41.8 Å². The molecule has 1 fully saturated rings. The largest absolute Gasteiger partial charge is 0.481 e. The lowest BCUT2D eigenvalue weighted by molar-refractivity contribution is -0.147. The Balaban J connectivity index is 1.43. The van der Waals surface area contributed by atoms with Gasteiger partial charge in [-0.2, -0.15) is 0 Å². The van der Waals surface area contributed by atoms with E-state index >= 15 is 0 Å². The normalized spacial score (nSPS) is 21.9. The van der Waals surface area contributed by atoms with Crippen molar-refractivity contribution in [2.24, 2.45) is 5.92 Å². The summed E-state index contributed by atoms with van der Waals surface area (Å²) in [5, 5.41) is 9.74. The summed E-state index contributed by atoms with van der Waals surface area (Å²) in [5.41, 5.74) is 4.03. The molecule has 26 heavy (non-hydrogen) atoms. The van der Waals surface area contributed by atoms with Gasteiger partial charge in [-0.25, -0.2) is 4.98 Å². The Bertz CT molecular complexity index is 892. The molecule has 132 valence electrons. The molecule has 0 spiro atoms. The summed E-state index contributed by atoms with van der Waals surface area (Å²) in [6.45, 7) is 1.79. The zero-order valence-corrected chi connectivity index (χ0v) is 15.0.